The fourth-order valence-electron chi connectivity index (χ4n) is 8.29. The van der Waals surface area contributed by atoms with Crippen LogP contribution in [-0.2, 0) is 23.7 Å². The zero-order valence-electron chi connectivity index (χ0n) is 41.7. The molecule has 0 bridgehead atoms. The van der Waals surface area contributed by atoms with Gasteiger partial charge in [-0.3, -0.25) is 0 Å². The Kier molecular flexibility index (Phi) is 48.7. The van der Waals surface area contributed by atoms with Crippen LogP contribution in [0.3, 0.4) is 0 Å². The van der Waals surface area contributed by atoms with Gasteiger partial charge in [-0.1, -0.05) is 189 Å². The summed E-state index contributed by atoms with van der Waals surface area (Å²) in [5.74, 6) is 2.22. The number of likely N-dealkylation sites (N-methyl/N-ethyl adjacent to an activating group) is 1. The summed E-state index contributed by atoms with van der Waals surface area (Å²) in [6.07, 6.45) is 39.1. The largest absolute Gasteiger partial charge is 0.496 e. The second-order valence-corrected chi connectivity index (χ2v) is 18.2. The van der Waals surface area contributed by atoms with E-state index < -0.39 is 0 Å². The standard InChI is InChI=1S/C53H108N2O5/c1-8-14-18-22-24-30-36-52(34-28-20-16-10-3)47-58-49-56-44-33-27-26-32-40-55(43-42-54(13-6)39-12-5)41-38-51(7)60-46-45-57-50-59-48-53(35-29-21-17-11-4)37-31-25-23-19-15-9-2/h52-53H,7-50H2,1-6H3. The minimum Gasteiger partial charge on any atom is -0.496 e. The molecule has 0 aromatic heterocycles. The van der Waals surface area contributed by atoms with Crippen LogP contribution in [0.15, 0.2) is 12.3 Å². The Morgan fingerprint density at radius 2 is 0.817 bits per heavy atom. The summed E-state index contributed by atoms with van der Waals surface area (Å²) in [4.78, 5) is 5.19. The monoisotopic (exact) mass is 853 g/mol. The molecule has 60 heavy (non-hydrogen) atoms. The first-order valence-corrected chi connectivity index (χ1v) is 26.6. The van der Waals surface area contributed by atoms with Gasteiger partial charge in [0.25, 0.3) is 0 Å². The van der Waals surface area contributed by atoms with E-state index in [0.717, 1.165) is 71.1 Å². The fourth-order valence-corrected chi connectivity index (χ4v) is 8.29. The first-order valence-electron chi connectivity index (χ1n) is 26.6. The maximum Gasteiger partial charge on any atom is 0.146 e. The second-order valence-electron chi connectivity index (χ2n) is 18.2. The molecule has 0 radical (unpaired) electrons. The summed E-state index contributed by atoms with van der Waals surface area (Å²) in [7, 11) is 0. The molecule has 0 saturated heterocycles. The topological polar surface area (TPSA) is 52.6 Å². The van der Waals surface area contributed by atoms with E-state index in [1.54, 1.807) is 0 Å². The average molecular weight is 853 g/mol. The van der Waals surface area contributed by atoms with Gasteiger partial charge in [-0.05, 0) is 76.4 Å². The molecule has 360 valence electrons. The third-order valence-electron chi connectivity index (χ3n) is 12.4. The van der Waals surface area contributed by atoms with Crippen molar-refractivity contribution in [3.05, 3.63) is 12.3 Å². The van der Waals surface area contributed by atoms with Crippen molar-refractivity contribution in [1.29, 1.82) is 0 Å². The van der Waals surface area contributed by atoms with Crippen molar-refractivity contribution >= 4 is 0 Å². The van der Waals surface area contributed by atoms with E-state index in [-0.39, 0.29) is 0 Å². The van der Waals surface area contributed by atoms with E-state index in [9.17, 15) is 0 Å². The number of ether oxygens (including phenoxy) is 5. The van der Waals surface area contributed by atoms with Gasteiger partial charge in [0.05, 0.1) is 25.6 Å². The molecule has 0 fully saturated rings. The molecule has 0 heterocycles. The highest BCUT2D eigenvalue weighted by molar-refractivity contribution is 4.84. The quantitative estimate of drug-likeness (QED) is 0.0343. The third kappa shape index (κ3) is 42.6. The van der Waals surface area contributed by atoms with Crippen molar-refractivity contribution in [3.8, 4) is 0 Å². The van der Waals surface area contributed by atoms with Gasteiger partial charge in [0.15, 0.2) is 0 Å². The van der Waals surface area contributed by atoms with Crippen LogP contribution < -0.4 is 0 Å². The number of unbranched alkanes of at least 4 members (excludes halogenated alkanes) is 19. The van der Waals surface area contributed by atoms with Gasteiger partial charge in [-0.2, -0.15) is 0 Å². The van der Waals surface area contributed by atoms with E-state index in [2.05, 4.69) is 57.9 Å². The highest BCUT2D eigenvalue weighted by atomic mass is 16.7. The van der Waals surface area contributed by atoms with Crippen molar-refractivity contribution in [2.24, 2.45) is 11.8 Å². The molecule has 2 atom stereocenters. The summed E-state index contributed by atoms with van der Waals surface area (Å²) in [6.45, 7) is 29.0. The minimum atomic E-state index is 0.357. The van der Waals surface area contributed by atoms with Gasteiger partial charge in [0.2, 0.25) is 0 Å². The fraction of sp³-hybridized carbons (Fsp3) is 0.962. The lowest BCUT2D eigenvalue weighted by atomic mass is 9.95. The average Bonchev–Trinajstić information content (AvgIpc) is 3.25. The van der Waals surface area contributed by atoms with Crippen LogP contribution in [0.1, 0.15) is 234 Å². The zero-order valence-corrected chi connectivity index (χ0v) is 41.7. The molecule has 0 aliphatic rings. The lowest BCUT2D eigenvalue weighted by molar-refractivity contribution is -0.0757. The first kappa shape index (κ1) is 59.3. The molecule has 7 heteroatoms. The van der Waals surface area contributed by atoms with E-state index in [0.29, 0.717) is 38.6 Å². The zero-order chi connectivity index (χ0) is 43.8. The Morgan fingerprint density at radius 1 is 0.383 bits per heavy atom. The van der Waals surface area contributed by atoms with Gasteiger partial charge in [0.1, 0.15) is 20.2 Å². The van der Waals surface area contributed by atoms with Crippen LogP contribution in [0.2, 0.25) is 0 Å². The highest BCUT2D eigenvalue weighted by Gasteiger charge is 2.12. The first-order chi connectivity index (χ1) is 29.5. The van der Waals surface area contributed by atoms with Crippen LogP contribution in [0.25, 0.3) is 0 Å². The summed E-state index contributed by atoms with van der Waals surface area (Å²) in [5.41, 5.74) is 0. The van der Waals surface area contributed by atoms with Gasteiger partial charge < -0.3 is 33.5 Å². The van der Waals surface area contributed by atoms with Crippen LogP contribution in [-0.4, -0.2) is 95.7 Å². The smallest absolute Gasteiger partial charge is 0.146 e. The lowest BCUT2D eigenvalue weighted by Crippen LogP contribution is -2.36. The molecule has 0 aliphatic heterocycles. The van der Waals surface area contributed by atoms with Gasteiger partial charge >= 0.3 is 0 Å². The summed E-state index contributed by atoms with van der Waals surface area (Å²) < 4.78 is 29.8. The number of rotatable bonds is 52. The molecule has 7 nitrogen and oxygen atoms in total. The lowest BCUT2D eigenvalue weighted by Gasteiger charge is -2.27. The van der Waals surface area contributed by atoms with Gasteiger partial charge in [-0.15, -0.1) is 0 Å². The van der Waals surface area contributed by atoms with Crippen molar-refractivity contribution in [1.82, 2.24) is 9.80 Å². The molecule has 0 amide bonds. The van der Waals surface area contributed by atoms with E-state index in [1.165, 1.54) is 186 Å². The van der Waals surface area contributed by atoms with Crippen LogP contribution in [0.5, 0.6) is 0 Å². The Hall–Kier alpha value is -0.700. The molecular weight excluding hydrogens is 745 g/mol. The minimum absolute atomic E-state index is 0.357. The van der Waals surface area contributed by atoms with Crippen LogP contribution in [0.4, 0.5) is 0 Å². The maximum absolute atomic E-state index is 6.06. The summed E-state index contributed by atoms with van der Waals surface area (Å²) in [5, 5.41) is 0. The Bertz CT molecular complexity index is 831. The molecule has 0 rings (SSSR count). The summed E-state index contributed by atoms with van der Waals surface area (Å²) in [6, 6.07) is 0. The van der Waals surface area contributed by atoms with E-state index in [4.69, 9.17) is 23.7 Å². The van der Waals surface area contributed by atoms with Crippen LogP contribution in [0, 0.1) is 11.8 Å². The molecular formula is C53H108N2O5. The highest BCUT2D eigenvalue weighted by Crippen LogP contribution is 2.21. The normalized spacial score (nSPS) is 12.9. The van der Waals surface area contributed by atoms with Gasteiger partial charge in [-0.25, -0.2) is 0 Å². The summed E-state index contributed by atoms with van der Waals surface area (Å²) >= 11 is 0. The number of hydrogen-bond donors (Lipinski definition) is 0. The van der Waals surface area contributed by atoms with Gasteiger partial charge in [0, 0.05) is 32.7 Å². The maximum atomic E-state index is 6.06. The second kappa shape index (κ2) is 49.3. The number of hydrogen-bond acceptors (Lipinski definition) is 7. The third-order valence-corrected chi connectivity index (χ3v) is 12.4. The molecule has 0 N–H and O–H groups in total. The van der Waals surface area contributed by atoms with E-state index in [1.807, 2.05) is 0 Å². The number of nitrogens with zero attached hydrogens (tertiary/aromatic N) is 2. The van der Waals surface area contributed by atoms with E-state index >= 15 is 0 Å². The van der Waals surface area contributed by atoms with Crippen molar-refractivity contribution in [3.63, 3.8) is 0 Å². The van der Waals surface area contributed by atoms with Crippen molar-refractivity contribution in [2.45, 2.75) is 234 Å². The Labute approximate surface area is 376 Å². The van der Waals surface area contributed by atoms with Crippen molar-refractivity contribution < 1.29 is 23.7 Å². The molecule has 0 aliphatic carbocycles. The molecule has 0 aromatic carbocycles. The predicted molar refractivity (Wildman–Crippen MR) is 261 cm³/mol. The SMILES string of the molecule is C=C(CCN(CCCCCCOCOCC(CCCCCC)CCCCCCCC)CCN(CC)CCC)OCCOCOCC(CCCCCC)CCCCCCCC. The predicted octanol–water partition coefficient (Wildman–Crippen LogP) is 15.2. The molecule has 0 aromatic rings. The van der Waals surface area contributed by atoms with Crippen LogP contribution >= 0.6 is 0 Å². The molecule has 2 unspecified atom stereocenters. The molecule has 0 saturated carbocycles. The van der Waals surface area contributed by atoms with Crippen molar-refractivity contribution in [2.75, 3.05) is 85.9 Å². The Balaban J connectivity index is 4.38. The molecule has 0 spiro atoms. The Morgan fingerprint density at radius 3 is 1.32 bits per heavy atom.